The summed E-state index contributed by atoms with van der Waals surface area (Å²) in [6.45, 7) is 2.05. The summed E-state index contributed by atoms with van der Waals surface area (Å²) in [5.74, 6) is -0.462. The van der Waals surface area contributed by atoms with Gasteiger partial charge in [-0.25, -0.2) is 0 Å². The topological polar surface area (TPSA) is 55.8 Å². The van der Waals surface area contributed by atoms with Gasteiger partial charge in [0.2, 0.25) is 0 Å². The standard InChI is InChI=1S/C17H22O4.V/c1-10-3-5-11(6-4-10)14-9-13-7-12(18)8-15(21-13)16(14)17(19)20-2;/h3-6,12-16,18H,7-9H2,1-2H3;. The molecule has 0 saturated carbocycles. The Labute approximate surface area is 143 Å². The zero-order chi connectivity index (χ0) is 15.0. The quantitative estimate of drug-likeness (QED) is 0.838. The SMILES string of the molecule is COC(=O)C1C2CC(O)CC(CC1c1ccc(C)cc1)O2.[V]. The van der Waals surface area contributed by atoms with Gasteiger partial charge >= 0.3 is 5.97 Å². The first-order valence-corrected chi connectivity index (χ1v) is 7.56. The van der Waals surface area contributed by atoms with E-state index in [1.807, 2.05) is 0 Å². The minimum Gasteiger partial charge on any atom is -0.469 e. The molecule has 0 aliphatic carbocycles. The molecule has 0 spiro atoms. The van der Waals surface area contributed by atoms with Crippen LogP contribution in [0.1, 0.15) is 36.3 Å². The first kappa shape index (κ1) is 17.5. The van der Waals surface area contributed by atoms with Crippen molar-refractivity contribution in [2.75, 3.05) is 7.11 Å². The van der Waals surface area contributed by atoms with E-state index >= 15 is 0 Å². The zero-order valence-electron chi connectivity index (χ0n) is 12.9. The number of aliphatic hydroxyl groups excluding tert-OH is 1. The first-order valence-electron chi connectivity index (χ1n) is 7.56. The second kappa shape index (κ2) is 7.18. The summed E-state index contributed by atoms with van der Waals surface area (Å²) in [6, 6.07) is 8.33. The molecule has 1 aromatic carbocycles. The Morgan fingerprint density at radius 1 is 1.23 bits per heavy atom. The number of aryl methyl sites for hydroxylation is 1. The van der Waals surface area contributed by atoms with Crippen molar-refractivity contribution in [2.45, 2.75) is 50.4 Å². The normalized spacial score (nSPS) is 33.7. The second-order valence-electron chi connectivity index (χ2n) is 6.22. The van der Waals surface area contributed by atoms with Crippen molar-refractivity contribution < 1.29 is 37.9 Å². The number of ether oxygens (including phenoxy) is 2. The van der Waals surface area contributed by atoms with Crippen LogP contribution in [0.3, 0.4) is 0 Å². The zero-order valence-corrected chi connectivity index (χ0v) is 14.3. The van der Waals surface area contributed by atoms with Crippen LogP contribution >= 0.6 is 0 Å². The van der Waals surface area contributed by atoms with Crippen LogP contribution in [0.2, 0.25) is 0 Å². The average Bonchev–Trinajstić information content (AvgIpc) is 2.46. The number of hydrogen-bond acceptors (Lipinski definition) is 4. The number of aliphatic hydroxyl groups is 1. The van der Waals surface area contributed by atoms with Crippen LogP contribution in [-0.4, -0.2) is 36.5 Å². The van der Waals surface area contributed by atoms with E-state index < -0.39 is 0 Å². The largest absolute Gasteiger partial charge is 0.469 e. The Hall–Kier alpha value is -0.806. The molecular weight excluding hydrogens is 319 g/mol. The monoisotopic (exact) mass is 341 g/mol. The van der Waals surface area contributed by atoms with Crippen molar-refractivity contribution in [1.82, 2.24) is 0 Å². The maximum atomic E-state index is 12.2. The van der Waals surface area contributed by atoms with Crippen LogP contribution in [0.4, 0.5) is 0 Å². The minimum absolute atomic E-state index is 0. The number of carbonyl (C=O) groups excluding carboxylic acids is 1. The molecule has 22 heavy (non-hydrogen) atoms. The number of methoxy groups -OCH3 is 1. The molecule has 119 valence electrons. The molecule has 5 atom stereocenters. The molecule has 0 aromatic heterocycles. The number of carbonyl (C=O) groups is 1. The molecule has 2 aliphatic rings. The molecular formula is C17H22O4V. The summed E-state index contributed by atoms with van der Waals surface area (Å²) in [6.07, 6.45) is 1.35. The maximum Gasteiger partial charge on any atom is 0.311 e. The van der Waals surface area contributed by atoms with E-state index in [0.717, 1.165) is 12.0 Å². The molecule has 2 bridgehead atoms. The first-order chi connectivity index (χ1) is 10.1. The van der Waals surface area contributed by atoms with E-state index in [9.17, 15) is 9.90 Å². The number of esters is 1. The third-order valence-corrected chi connectivity index (χ3v) is 4.74. The summed E-state index contributed by atoms with van der Waals surface area (Å²) in [7, 11) is 1.42. The molecule has 1 radical (unpaired) electrons. The van der Waals surface area contributed by atoms with Crippen molar-refractivity contribution in [3.8, 4) is 0 Å². The van der Waals surface area contributed by atoms with Crippen LogP contribution in [0.5, 0.6) is 0 Å². The van der Waals surface area contributed by atoms with Gasteiger partial charge in [0.15, 0.2) is 0 Å². The van der Waals surface area contributed by atoms with Gasteiger partial charge in [-0.05, 0) is 25.3 Å². The molecule has 5 unspecified atom stereocenters. The summed E-state index contributed by atoms with van der Waals surface area (Å²) in [5.41, 5.74) is 2.36. The number of benzene rings is 1. The molecule has 1 aromatic rings. The Balaban J connectivity index is 0.00000176. The van der Waals surface area contributed by atoms with E-state index in [1.165, 1.54) is 12.7 Å². The Kier molecular flexibility index (Phi) is 5.73. The second-order valence-corrected chi connectivity index (χ2v) is 6.22. The van der Waals surface area contributed by atoms with Gasteiger partial charge < -0.3 is 14.6 Å². The van der Waals surface area contributed by atoms with E-state index in [2.05, 4.69) is 31.2 Å². The van der Waals surface area contributed by atoms with Gasteiger partial charge in [0, 0.05) is 30.9 Å². The molecule has 4 nitrogen and oxygen atoms in total. The summed E-state index contributed by atoms with van der Waals surface area (Å²) in [5, 5.41) is 9.95. The Morgan fingerprint density at radius 3 is 2.55 bits per heavy atom. The molecule has 2 fully saturated rings. The molecule has 0 amide bonds. The summed E-state index contributed by atoms with van der Waals surface area (Å²) < 4.78 is 10.9. The third kappa shape index (κ3) is 3.41. The van der Waals surface area contributed by atoms with Gasteiger partial charge in [-0.2, -0.15) is 0 Å². The van der Waals surface area contributed by atoms with Crippen molar-refractivity contribution in [3.63, 3.8) is 0 Å². The van der Waals surface area contributed by atoms with Crippen LogP contribution in [0, 0.1) is 12.8 Å². The number of fused-ring (bicyclic) bond motifs is 2. The van der Waals surface area contributed by atoms with Crippen molar-refractivity contribution in [2.24, 2.45) is 5.92 Å². The van der Waals surface area contributed by atoms with E-state index in [-0.39, 0.29) is 54.7 Å². The van der Waals surface area contributed by atoms with Crippen molar-refractivity contribution in [3.05, 3.63) is 35.4 Å². The van der Waals surface area contributed by atoms with E-state index in [1.54, 1.807) is 0 Å². The van der Waals surface area contributed by atoms with Gasteiger partial charge in [-0.1, -0.05) is 29.8 Å². The third-order valence-electron chi connectivity index (χ3n) is 4.74. The van der Waals surface area contributed by atoms with E-state index in [0.29, 0.717) is 12.8 Å². The predicted octanol–water partition coefficient (Wildman–Crippen LogP) is 2.18. The van der Waals surface area contributed by atoms with Crippen LogP contribution in [0.25, 0.3) is 0 Å². The molecule has 3 rings (SSSR count). The predicted molar refractivity (Wildman–Crippen MR) is 77.9 cm³/mol. The summed E-state index contributed by atoms with van der Waals surface area (Å²) in [4.78, 5) is 12.2. The van der Waals surface area contributed by atoms with Gasteiger partial charge in [-0.15, -0.1) is 0 Å². The smallest absolute Gasteiger partial charge is 0.311 e. The van der Waals surface area contributed by atoms with Gasteiger partial charge in [0.05, 0.1) is 31.3 Å². The Morgan fingerprint density at radius 2 is 1.91 bits per heavy atom. The molecule has 1 N–H and O–H groups in total. The van der Waals surface area contributed by atoms with Gasteiger partial charge in [0.25, 0.3) is 0 Å². The fourth-order valence-electron chi connectivity index (χ4n) is 3.71. The Bertz CT molecular complexity index is 514. The number of hydrogen-bond donors (Lipinski definition) is 1. The molecule has 2 heterocycles. The van der Waals surface area contributed by atoms with Gasteiger partial charge in [0.1, 0.15) is 0 Å². The fraction of sp³-hybridized carbons (Fsp3) is 0.588. The van der Waals surface area contributed by atoms with E-state index in [4.69, 9.17) is 9.47 Å². The minimum atomic E-state index is -0.375. The van der Waals surface area contributed by atoms with Gasteiger partial charge in [-0.3, -0.25) is 4.79 Å². The molecule has 5 heteroatoms. The fourth-order valence-corrected chi connectivity index (χ4v) is 3.71. The maximum absolute atomic E-state index is 12.2. The van der Waals surface area contributed by atoms with Crippen molar-refractivity contribution in [1.29, 1.82) is 0 Å². The average molecular weight is 341 g/mol. The molecule has 2 saturated heterocycles. The summed E-state index contributed by atoms with van der Waals surface area (Å²) >= 11 is 0. The van der Waals surface area contributed by atoms with Crippen LogP contribution < -0.4 is 0 Å². The van der Waals surface area contributed by atoms with Crippen LogP contribution in [0.15, 0.2) is 24.3 Å². The number of rotatable bonds is 2. The molecule has 2 aliphatic heterocycles. The van der Waals surface area contributed by atoms with Crippen LogP contribution in [-0.2, 0) is 32.8 Å². The van der Waals surface area contributed by atoms with Crippen molar-refractivity contribution >= 4 is 5.97 Å².